The fourth-order valence-corrected chi connectivity index (χ4v) is 4.53. The van der Waals surface area contributed by atoms with Gasteiger partial charge >= 0.3 is 6.09 Å². The summed E-state index contributed by atoms with van der Waals surface area (Å²) in [7, 11) is 4.33. The second-order valence-corrected chi connectivity index (χ2v) is 7.55. The van der Waals surface area contributed by atoms with Gasteiger partial charge in [-0.1, -0.05) is 37.3 Å². The first-order valence-corrected chi connectivity index (χ1v) is 9.04. The fraction of sp³-hybridized carbons (Fsp3) is 0.381. The van der Waals surface area contributed by atoms with Gasteiger partial charge in [0.1, 0.15) is 6.61 Å². The number of nitrogens with zero attached hydrogens (tertiary/aromatic N) is 2. The number of carbonyl (C=O) groups excluding carboxylic acids is 1. The molecule has 2 atom stereocenters. The maximum Gasteiger partial charge on any atom is 0.411 e. The molecule has 136 valence electrons. The molecular weight excluding hydrogens is 326 g/mol. The van der Waals surface area contributed by atoms with E-state index in [1.54, 1.807) is 0 Å². The van der Waals surface area contributed by atoms with Crippen molar-refractivity contribution in [1.29, 1.82) is 0 Å². The van der Waals surface area contributed by atoms with Crippen molar-refractivity contribution in [1.82, 2.24) is 4.90 Å². The van der Waals surface area contributed by atoms with Gasteiger partial charge in [-0.3, -0.25) is 10.2 Å². The molecule has 5 nitrogen and oxygen atoms in total. The van der Waals surface area contributed by atoms with Gasteiger partial charge in [0, 0.05) is 30.4 Å². The molecule has 5 heteroatoms. The zero-order valence-electron chi connectivity index (χ0n) is 15.5. The second kappa shape index (κ2) is 6.32. The number of nitrogens with one attached hydrogen (secondary N) is 1. The van der Waals surface area contributed by atoms with Gasteiger partial charge in [-0.25, -0.2) is 4.79 Å². The largest absolute Gasteiger partial charge is 0.444 e. The molecule has 0 saturated carbocycles. The Kier molecular flexibility index (Phi) is 4.11. The first-order chi connectivity index (χ1) is 12.5. The molecule has 2 aromatic carbocycles. The Morgan fingerprint density at radius 2 is 2.00 bits per heavy atom. The zero-order chi connectivity index (χ0) is 18.3. The van der Waals surface area contributed by atoms with Crippen LogP contribution in [0.3, 0.4) is 0 Å². The lowest BCUT2D eigenvalue weighted by Gasteiger charge is -2.32. The minimum absolute atomic E-state index is 0.0878. The summed E-state index contributed by atoms with van der Waals surface area (Å²) in [5.41, 5.74) is 4.39. The average molecular weight is 351 g/mol. The molecule has 2 aliphatic rings. The molecule has 2 unspecified atom stereocenters. The van der Waals surface area contributed by atoms with Crippen molar-refractivity contribution in [2.75, 3.05) is 30.9 Å². The Morgan fingerprint density at radius 3 is 2.77 bits per heavy atom. The van der Waals surface area contributed by atoms with Crippen LogP contribution in [0, 0.1) is 0 Å². The van der Waals surface area contributed by atoms with Crippen LogP contribution in [-0.4, -0.2) is 37.8 Å². The number of amides is 1. The third kappa shape index (κ3) is 2.72. The maximum absolute atomic E-state index is 12.2. The van der Waals surface area contributed by atoms with Crippen molar-refractivity contribution in [2.45, 2.75) is 31.5 Å². The molecule has 2 aromatic rings. The van der Waals surface area contributed by atoms with Crippen LogP contribution in [0.25, 0.3) is 0 Å². The van der Waals surface area contributed by atoms with Crippen LogP contribution < -0.4 is 10.2 Å². The predicted molar refractivity (Wildman–Crippen MR) is 103 cm³/mol. The van der Waals surface area contributed by atoms with E-state index in [1.165, 1.54) is 11.3 Å². The number of hydrogen-bond donors (Lipinski definition) is 1. The lowest BCUT2D eigenvalue weighted by atomic mass is 9.81. The summed E-state index contributed by atoms with van der Waals surface area (Å²) < 4.78 is 5.33. The normalized spacial score (nSPS) is 24.3. The van der Waals surface area contributed by atoms with E-state index in [9.17, 15) is 4.79 Å². The molecule has 26 heavy (non-hydrogen) atoms. The summed E-state index contributed by atoms with van der Waals surface area (Å²) in [5, 5.41) is 2.87. The van der Waals surface area contributed by atoms with Crippen molar-refractivity contribution in [3.63, 3.8) is 0 Å². The van der Waals surface area contributed by atoms with Crippen LogP contribution in [0.5, 0.6) is 0 Å². The van der Waals surface area contributed by atoms with Gasteiger partial charge in [-0.15, -0.1) is 0 Å². The van der Waals surface area contributed by atoms with Gasteiger partial charge in [0.25, 0.3) is 0 Å². The predicted octanol–water partition coefficient (Wildman–Crippen LogP) is 3.80. The topological polar surface area (TPSA) is 44.8 Å². The Labute approximate surface area is 154 Å². The number of hydrogen-bond acceptors (Lipinski definition) is 4. The zero-order valence-corrected chi connectivity index (χ0v) is 15.5. The first kappa shape index (κ1) is 16.9. The number of likely N-dealkylation sites (tertiary alicyclic amines) is 1. The van der Waals surface area contributed by atoms with Crippen LogP contribution in [0.2, 0.25) is 0 Å². The Bertz CT molecular complexity index is 823. The molecule has 2 aliphatic heterocycles. The molecule has 0 radical (unpaired) electrons. The highest BCUT2D eigenvalue weighted by atomic mass is 16.5. The number of rotatable bonds is 3. The summed E-state index contributed by atoms with van der Waals surface area (Å²) in [6, 6.07) is 15.8. The van der Waals surface area contributed by atoms with Crippen molar-refractivity contribution >= 4 is 17.5 Å². The maximum atomic E-state index is 12.2. The molecule has 0 aromatic heterocycles. The lowest BCUT2D eigenvalue weighted by molar-refractivity contribution is 0.155. The van der Waals surface area contributed by atoms with E-state index in [2.05, 4.69) is 48.3 Å². The molecule has 1 fully saturated rings. The number of fused-ring (bicyclic) bond motifs is 3. The minimum Gasteiger partial charge on any atom is -0.444 e. The Balaban J connectivity index is 1.48. The molecule has 4 rings (SSSR count). The van der Waals surface area contributed by atoms with Crippen molar-refractivity contribution in [3.8, 4) is 0 Å². The Morgan fingerprint density at radius 1 is 1.23 bits per heavy atom. The minimum atomic E-state index is -0.426. The van der Waals surface area contributed by atoms with Crippen molar-refractivity contribution < 1.29 is 9.53 Å². The van der Waals surface area contributed by atoms with E-state index < -0.39 is 6.09 Å². The quantitative estimate of drug-likeness (QED) is 0.913. The smallest absolute Gasteiger partial charge is 0.411 e. The van der Waals surface area contributed by atoms with Gasteiger partial charge in [0.15, 0.2) is 0 Å². The van der Waals surface area contributed by atoms with Gasteiger partial charge in [0.05, 0.1) is 6.17 Å². The van der Waals surface area contributed by atoms with Crippen LogP contribution in [0.1, 0.15) is 24.5 Å². The lowest BCUT2D eigenvalue weighted by Crippen LogP contribution is -2.45. The third-order valence-electron chi connectivity index (χ3n) is 5.79. The van der Waals surface area contributed by atoms with E-state index in [4.69, 9.17) is 4.74 Å². The standard InChI is InChI=1S/C21H25N3O2/c1-21-11-12-23(2)19(21)24(3)18-10-9-16(13-17(18)21)22-20(25)26-14-15-7-5-4-6-8-15/h4-10,13,19H,11-12,14H2,1-3H3,(H,22,25). The highest BCUT2D eigenvalue weighted by Gasteiger charge is 2.52. The molecule has 1 N–H and O–H groups in total. The van der Waals surface area contributed by atoms with Gasteiger partial charge in [-0.05, 0) is 42.8 Å². The van der Waals surface area contributed by atoms with Crippen molar-refractivity contribution in [3.05, 3.63) is 59.7 Å². The number of carbonyl (C=O) groups is 1. The van der Waals surface area contributed by atoms with E-state index >= 15 is 0 Å². The third-order valence-corrected chi connectivity index (χ3v) is 5.79. The second-order valence-electron chi connectivity index (χ2n) is 7.55. The molecule has 1 saturated heterocycles. The average Bonchev–Trinajstić information content (AvgIpc) is 3.06. The Hall–Kier alpha value is -2.53. The van der Waals surface area contributed by atoms with Crippen LogP contribution in [0.15, 0.2) is 48.5 Å². The highest BCUT2D eigenvalue weighted by molar-refractivity contribution is 5.86. The van der Waals surface area contributed by atoms with E-state index in [0.29, 0.717) is 6.17 Å². The molecule has 0 bridgehead atoms. The molecule has 1 amide bonds. The van der Waals surface area contributed by atoms with Crippen LogP contribution >= 0.6 is 0 Å². The monoisotopic (exact) mass is 351 g/mol. The number of ether oxygens (including phenoxy) is 1. The van der Waals surface area contributed by atoms with Crippen molar-refractivity contribution in [2.24, 2.45) is 0 Å². The fourth-order valence-electron chi connectivity index (χ4n) is 4.53. The molecule has 0 spiro atoms. The molecule has 2 heterocycles. The number of likely N-dealkylation sites (N-methyl/N-ethyl adjacent to an activating group) is 2. The number of anilines is 2. The first-order valence-electron chi connectivity index (χ1n) is 9.04. The number of benzene rings is 2. The highest BCUT2D eigenvalue weighted by Crippen LogP contribution is 2.51. The van der Waals surface area contributed by atoms with Crippen LogP contribution in [-0.2, 0) is 16.8 Å². The summed E-state index contributed by atoms with van der Waals surface area (Å²) in [6.07, 6.45) is 1.07. The van der Waals surface area contributed by atoms with E-state index in [0.717, 1.165) is 24.2 Å². The van der Waals surface area contributed by atoms with Crippen LogP contribution in [0.4, 0.5) is 16.2 Å². The SMILES string of the molecule is CN1CCC2(C)c3cc(NC(=O)OCc4ccccc4)ccc3N(C)C12. The van der Waals surface area contributed by atoms with E-state index in [1.807, 2.05) is 36.4 Å². The summed E-state index contributed by atoms with van der Waals surface area (Å²) in [5.74, 6) is 0. The summed E-state index contributed by atoms with van der Waals surface area (Å²) in [4.78, 5) is 16.9. The van der Waals surface area contributed by atoms with Gasteiger partial charge in [-0.2, -0.15) is 0 Å². The molecular formula is C21H25N3O2. The summed E-state index contributed by atoms with van der Waals surface area (Å²) in [6.45, 7) is 3.67. The molecule has 0 aliphatic carbocycles. The summed E-state index contributed by atoms with van der Waals surface area (Å²) >= 11 is 0. The van der Waals surface area contributed by atoms with Gasteiger partial charge < -0.3 is 9.64 Å². The van der Waals surface area contributed by atoms with Gasteiger partial charge in [0.2, 0.25) is 0 Å². The van der Waals surface area contributed by atoms with E-state index in [-0.39, 0.29) is 12.0 Å².